The Balaban J connectivity index is 1.77. The number of anilines is 1. The van der Waals surface area contributed by atoms with E-state index in [9.17, 15) is 4.79 Å². The van der Waals surface area contributed by atoms with Crippen LogP contribution in [0.1, 0.15) is 41.0 Å². The Morgan fingerprint density at radius 2 is 1.87 bits per heavy atom. The molecule has 0 aliphatic heterocycles. The second-order valence-corrected chi connectivity index (χ2v) is 10.4. The topological polar surface area (TPSA) is 46.1 Å². The molecule has 0 aliphatic carbocycles. The Morgan fingerprint density at radius 3 is 2.58 bits per heavy atom. The molecule has 158 valence electrons. The fraction of sp³-hybridized carbons (Fsp3) is 0.240. The first-order valence-corrected chi connectivity index (χ1v) is 12.0. The van der Waals surface area contributed by atoms with Crippen LogP contribution in [-0.2, 0) is 6.54 Å². The zero-order chi connectivity index (χ0) is 22.0. The van der Waals surface area contributed by atoms with Crippen molar-refractivity contribution in [3.05, 3.63) is 83.2 Å². The first-order chi connectivity index (χ1) is 14.9. The van der Waals surface area contributed by atoms with Crippen molar-refractivity contribution in [1.82, 2.24) is 9.97 Å². The lowest BCUT2D eigenvalue weighted by Crippen LogP contribution is -2.30. The Hall–Kier alpha value is -2.70. The molecule has 0 unspecified atom stereocenters. The van der Waals surface area contributed by atoms with Gasteiger partial charge in [-0.1, -0.05) is 49.4 Å². The number of hydrogen-bond acceptors (Lipinski definition) is 5. The van der Waals surface area contributed by atoms with Crippen LogP contribution in [0.2, 0.25) is 0 Å². The molecule has 0 radical (unpaired) electrons. The van der Waals surface area contributed by atoms with Crippen LogP contribution in [-0.4, -0.2) is 21.1 Å². The van der Waals surface area contributed by atoms with Gasteiger partial charge in [-0.05, 0) is 55.3 Å². The van der Waals surface area contributed by atoms with Crippen molar-refractivity contribution in [1.29, 1.82) is 0 Å². The molecular weight excluding hydrogens is 422 g/mol. The number of benzene rings is 2. The summed E-state index contributed by atoms with van der Waals surface area (Å²) in [7, 11) is 0. The summed E-state index contributed by atoms with van der Waals surface area (Å²) in [6.07, 6.45) is 1.75. The number of thioether (sulfide) groups is 1. The summed E-state index contributed by atoms with van der Waals surface area (Å²) >= 11 is 3.32. The van der Waals surface area contributed by atoms with E-state index in [0.29, 0.717) is 22.5 Å². The number of pyridine rings is 1. The highest BCUT2D eigenvalue weighted by Crippen LogP contribution is 2.34. The van der Waals surface area contributed by atoms with Crippen LogP contribution in [0.3, 0.4) is 0 Å². The lowest BCUT2D eigenvalue weighted by Gasteiger charge is -2.20. The molecule has 1 amide bonds. The molecule has 0 saturated carbocycles. The summed E-state index contributed by atoms with van der Waals surface area (Å²) in [4.78, 5) is 25.9. The summed E-state index contributed by atoms with van der Waals surface area (Å²) in [6.45, 7) is 8.82. The van der Waals surface area contributed by atoms with Gasteiger partial charge in [0.05, 0.1) is 22.5 Å². The lowest BCUT2D eigenvalue weighted by molar-refractivity contribution is 0.0984. The monoisotopic (exact) mass is 447 g/mol. The molecular formula is C25H25N3OS2. The number of carbonyl (C=O) groups is 1. The van der Waals surface area contributed by atoms with Gasteiger partial charge in [-0.2, -0.15) is 0 Å². The highest BCUT2D eigenvalue weighted by molar-refractivity contribution is 7.99. The van der Waals surface area contributed by atoms with Crippen LogP contribution >= 0.6 is 23.1 Å². The maximum absolute atomic E-state index is 13.7. The molecule has 2 aromatic carbocycles. The minimum atomic E-state index is -0.0637. The molecule has 0 atom stereocenters. The molecule has 0 aliphatic rings. The van der Waals surface area contributed by atoms with Crippen LogP contribution in [0.4, 0.5) is 5.13 Å². The highest BCUT2D eigenvalue weighted by atomic mass is 32.2. The van der Waals surface area contributed by atoms with Gasteiger partial charge in [0.1, 0.15) is 0 Å². The SMILES string of the molecule is Cc1ccc(C)c2sc(N(Cc3ccccn3)C(=O)c3cccc(SC(C)C)c3)nc12. The van der Waals surface area contributed by atoms with Gasteiger partial charge < -0.3 is 0 Å². The van der Waals surface area contributed by atoms with Crippen LogP contribution in [0.15, 0.2) is 65.7 Å². The maximum atomic E-state index is 13.7. The quantitative estimate of drug-likeness (QED) is 0.310. The zero-order valence-corrected chi connectivity index (χ0v) is 19.8. The van der Waals surface area contributed by atoms with E-state index in [4.69, 9.17) is 4.98 Å². The van der Waals surface area contributed by atoms with Crippen LogP contribution in [0, 0.1) is 13.8 Å². The summed E-state index contributed by atoms with van der Waals surface area (Å²) in [5, 5.41) is 1.15. The van der Waals surface area contributed by atoms with Crippen molar-refractivity contribution in [2.75, 3.05) is 4.90 Å². The fourth-order valence-corrected chi connectivity index (χ4v) is 5.38. The average molecular weight is 448 g/mol. The zero-order valence-electron chi connectivity index (χ0n) is 18.1. The molecule has 4 aromatic rings. The van der Waals surface area contributed by atoms with Crippen molar-refractivity contribution < 1.29 is 4.79 Å². The lowest BCUT2D eigenvalue weighted by atomic mass is 10.1. The van der Waals surface area contributed by atoms with Gasteiger partial charge in [-0.3, -0.25) is 14.7 Å². The van der Waals surface area contributed by atoms with Gasteiger partial charge in [0, 0.05) is 21.9 Å². The first-order valence-electron chi connectivity index (χ1n) is 10.3. The van der Waals surface area contributed by atoms with E-state index in [2.05, 4.69) is 50.9 Å². The molecule has 2 heterocycles. The standard InChI is InChI=1S/C25H25N3OS2/c1-16(2)30-21-10-7-8-19(14-21)24(29)28(15-20-9-5-6-13-26-20)25-27-22-17(3)11-12-18(4)23(22)31-25/h5-14,16H,15H2,1-4H3. The maximum Gasteiger partial charge on any atom is 0.260 e. The summed E-state index contributed by atoms with van der Waals surface area (Å²) < 4.78 is 1.12. The van der Waals surface area contributed by atoms with Crippen LogP contribution < -0.4 is 4.90 Å². The number of thiazole rings is 1. The Morgan fingerprint density at radius 1 is 1.06 bits per heavy atom. The van der Waals surface area contributed by atoms with Crippen LogP contribution in [0.5, 0.6) is 0 Å². The molecule has 6 heteroatoms. The fourth-order valence-electron chi connectivity index (χ4n) is 3.37. The third-order valence-corrected chi connectivity index (χ3v) is 7.12. The minimum Gasteiger partial charge on any atom is -0.278 e. The number of aromatic nitrogens is 2. The van der Waals surface area contributed by atoms with E-state index in [0.717, 1.165) is 26.4 Å². The van der Waals surface area contributed by atoms with Crippen molar-refractivity contribution >= 4 is 44.4 Å². The number of aryl methyl sites for hydroxylation is 2. The molecule has 0 N–H and O–H groups in total. The smallest absolute Gasteiger partial charge is 0.260 e. The van der Waals surface area contributed by atoms with E-state index in [1.807, 2.05) is 36.4 Å². The third-order valence-electron chi connectivity index (χ3n) is 4.91. The van der Waals surface area contributed by atoms with Gasteiger partial charge in [0.2, 0.25) is 0 Å². The van der Waals surface area contributed by atoms with Crippen molar-refractivity contribution in [3.8, 4) is 0 Å². The normalized spacial score (nSPS) is 11.3. The Labute approximate surface area is 191 Å². The Bertz CT molecular complexity index is 1180. The van der Waals surface area contributed by atoms with E-state index in [1.54, 1.807) is 34.2 Å². The van der Waals surface area contributed by atoms with Gasteiger partial charge in [0.25, 0.3) is 5.91 Å². The first kappa shape index (κ1) is 21.5. The van der Waals surface area contributed by atoms with Gasteiger partial charge in [-0.25, -0.2) is 4.98 Å². The number of nitrogens with zero attached hydrogens (tertiary/aromatic N) is 3. The Kier molecular flexibility index (Phi) is 6.39. The van der Waals surface area contributed by atoms with E-state index in [-0.39, 0.29) is 5.91 Å². The molecule has 31 heavy (non-hydrogen) atoms. The third kappa shape index (κ3) is 4.81. The van der Waals surface area contributed by atoms with Gasteiger partial charge in [0.15, 0.2) is 5.13 Å². The predicted molar refractivity (Wildman–Crippen MR) is 131 cm³/mol. The molecule has 4 nitrogen and oxygen atoms in total. The number of rotatable bonds is 6. The van der Waals surface area contributed by atoms with E-state index in [1.165, 1.54) is 5.56 Å². The van der Waals surface area contributed by atoms with Gasteiger partial charge in [-0.15, -0.1) is 11.8 Å². The number of hydrogen-bond donors (Lipinski definition) is 0. The molecule has 0 fully saturated rings. The largest absolute Gasteiger partial charge is 0.278 e. The minimum absolute atomic E-state index is 0.0637. The van der Waals surface area contributed by atoms with Crippen molar-refractivity contribution in [2.24, 2.45) is 0 Å². The summed E-state index contributed by atoms with van der Waals surface area (Å²) in [6, 6.07) is 17.8. The number of amides is 1. The summed E-state index contributed by atoms with van der Waals surface area (Å²) in [5.41, 5.74) is 4.74. The van der Waals surface area contributed by atoms with Crippen molar-refractivity contribution in [2.45, 2.75) is 44.4 Å². The second-order valence-electron chi connectivity index (χ2n) is 7.78. The van der Waals surface area contributed by atoms with Gasteiger partial charge >= 0.3 is 0 Å². The average Bonchev–Trinajstić information content (AvgIpc) is 3.21. The van der Waals surface area contributed by atoms with Crippen molar-refractivity contribution in [3.63, 3.8) is 0 Å². The predicted octanol–water partition coefficient (Wildman–Crippen LogP) is 6.66. The highest BCUT2D eigenvalue weighted by Gasteiger charge is 2.23. The van der Waals surface area contributed by atoms with Crippen LogP contribution in [0.25, 0.3) is 10.2 Å². The molecule has 0 saturated heterocycles. The summed E-state index contributed by atoms with van der Waals surface area (Å²) in [5.74, 6) is -0.0637. The molecule has 4 rings (SSSR count). The van der Waals surface area contributed by atoms with E-state index < -0.39 is 0 Å². The molecule has 0 spiro atoms. The number of carbonyl (C=O) groups excluding carboxylic acids is 1. The van der Waals surface area contributed by atoms with E-state index >= 15 is 0 Å². The molecule has 2 aromatic heterocycles. The molecule has 0 bridgehead atoms. The number of fused-ring (bicyclic) bond motifs is 1. The second kappa shape index (κ2) is 9.20.